The molecule has 0 aromatic carbocycles. The van der Waals surface area contributed by atoms with Gasteiger partial charge in [0, 0.05) is 61.3 Å². The van der Waals surface area contributed by atoms with E-state index in [0.29, 0.717) is 0 Å². The van der Waals surface area contributed by atoms with Crippen molar-refractivity contribution in [3.63, 3.8) is 0 Å². The molecule has 0 bridgehead atoms. The van der Waals surface area contributed by atoms with Gasteiger partial charge in [-0.25, -0.2) is 0 Å². The normalized spacial score (nSPS) is 0. The summed E-state index contributed by atoms with van der Waals surface area (Å²) in [6.07, 6.45) is 0. The third-order valence-electron chi connectivity index (χ3n) is 0. The fourth-order valence-corrected chi connectivity index (χ4v) is 0. The Morgan fingerprint density at radius 3 is 1.00 bits per heavy atom. The maximum absolute atomic E-state index is 0. The Labute approximate surface area is 71.5 Å². The standard InChI is InChI=1S/H4Si.Ti.V.W/h1H4;;;. The predicted molar refractivity (Wildman–Crippen MR) is 11.3 cm³/mol. The Kier molecular flexibility index (Phi) is 164. The Morgan fingerprint density at radius 2 is 1.00 bits per heavy atom. The molecule has 0 aromatic heterocycles. The van der Waals surface area contributed by atoms with E-state index in [1.54, 1.807) is 0 Å². The van der Waals surface area contributed by atoms with Gasteiger partial charge in [-0.1, -0.05) is 0 Å². The first-order valence-corrected chi connectivity index (χ1v) is 0. The zero-order valence-electron chi connectivity index (χ0n) is 1.36. The van der Waals surface area contributed by atoms with E-state index in [-0.39, 0.29) is 72.3 Å². The summed E-state index contributed by atoms with van der Waals surface area (Å²) >= 11 is 0. The molecular formula is H4SiTiVW. The summed E-state index contributed by atoms with van der Waals surface area (Å²) < 4.78 is 0. The largest absolute Gasteiger partial charge is 0.0149 e. The summed E-state index contributed by atoms with van der Waals surface area (Å²) in [6.45, 7) is 0. The molecule has 4 heavy (non-hydrogen) atoms. The molecule has 0 saturated carbocycles. The molecule has 0 nitrogen and oxygen atoms in total. The minimum absolute atomic E-state index is 0. The molecule has 23 valence electrons. The molecule has 0 heterocycles. The molecule has 0 aliphatic heterocycles. The van der Waals surface area contributed by atoms with Gasteiger partial charge in [-0.15, -0.1) is 0 Å². The van der Waals surface area contributed by atoms with E-state index in [0.717, 1.165) is 0 Å². The Hall–Kier alpha value is 2.20. The van der Waals surface area contributed by atoms with Crippen LogP contribution in [-0.4, -0.2) is 11.0 Å². The van der Waals surface area contributed by atoms with Crippen molar-refractivity contribution in [3.05, 3.63) is 0 Å². The maximum Gasteiger partial charge on any atom is 0 e. The van der Waals surface area contributed by atoms with Crippen LogP contribution in [0, 0.1) is 0 Å². The van der Waals surface area contributed by atoms with Crippen LogP contribution in [0.15, 0.2) is 0 Å². The monoisotopic (exact) mass is 315 g/mol. The molecule has 0 aliphatic rings. The molecule has 0 rings (SSSR count). The Bertz CT molecular complexity index is 8.00. The van der Waals surface area contributed by atoms with Gasteiger partial charge in [0.1, 0.15) is 0 Å². The van der Waals surface area contributed by atoms with Gasteiger partial charge in [0.05, 0.1) is 0 Å². The van der Waals surface area contributed by atoms with Crippen LogP contribution in [0.3, 0.4) is 0 Å². The SMILES string of the molecule is [SiH4].[Ti].[V].[W]. The van der Waals surface area contributed by atoms with E-state index in [1.165, 1.54) is 0 Å². The minimum atomic E-state index is 0. The summed E-state index contributed by atoms with van der Waals surface area (Å²) in [5.41, 5.74) is 0. The number of rotatable bonds is 0. The molecule has 0 aliphatic carbocycles. The summed E-state index contributed by atoms with van der Waals surface area (Å²) in [7, 11) is 0. The van der Waals surface area contributed by atoms with Gasteiger partial charge in [-0.3, -0.25) is 0 Å². The molecule has 0 spiro atoms. The second-order valence-corrected chi connectivity index (χ2v) is 0. The minimum Gasteiger partial charge on any atom is -0.0149 e. The third kappa shape index (κ3) is 8.88. The fraction of sp³-hybridized carbons (Fsp3) is 0. The van der Waals surface area contributed by atoms with Crippen LogP contribution in [0.25, 0.3) is 0 Å². The van der Waals surface area contributed by atoms with Crippen molar-refractivity contribution in [2.45, 2.75) is 0 Å². The first-order chi connectivity index (χ1) is 0. The van der Waals surface area contributed by atoms with Gasteiger partial charge < -0.3 is 0 Å². The van der Waals surface area contributed by atoms with Gasteiger partial charge in [-0.05, 0) is 11.0 Å². The Balaban J connectivity index is 0. The zero-order valence-corrected chi connectivity index (χ0v) is 7.25. The van der Waals surface area contributed by atoms with E-state index in [1.807, 2.05) is 0 Å². The van der Waals surface area contributed by atoms with Gasteiger partial charge in [-0.2, -0.15) is 0 Å². The fourth-order valence-electron chi connectivity index (χ4n) is 0. The maximum atomic E-state index is 0. The molecule has 0 aromatic rings. The third-order valence-corrected chi connectivity index (χ3v) is 0. The van der Waals surface area contributed by atoms with Crippen LogP contribution in [0.4, 0.5) is 0 Å². The molecule has 1 radical (unpaired) electrons. The smallest absolute Gasteiger partial charge is 0 e. The number of hydrogen-bond acceptors (Lipinski definition) is 0. The average Bonchev–Trinajstić information content (AvgIpc) is 0. The summed E-state index contributed by atoms with van der Waals surface area (Å²) in [5.74, 6) is 0. The number of hydrogen-bond donors (Lipinski definition) is 0. The van der Waals surface area contributed by atoms with Crippen molar-refractivity contribution < 1.29 is 61.3 Å². The second kappa shape index (κ2) is 18.9. The first-order valence-electron chi connectivity index (χ1n) is 0. The summed E-state index contributed by atoms with van der Waals surface area (Å²) in [4.78, 5) is 0. The predicted octanol–water partition coefficient (Wildman–Crippen LogP) is -1.46. The molecule has 0 amide bonds. The van der Waals surface area contributed by atoms with Crippen LogP contribution in [0.5, 0.6) is 0 Å². The molecule has 0 saturated heterocycles. The van der Waals surface area contributed by atoms with Crippen molar-refractivity contribution in [2.24, 2.45) is 0 Å². The second-order valence-electron chi connectivity index (χ2n) is 0. The van der Waals surface area contributed by atoms with Gasteiger partial charge in [0.2, 0.25) is 0 Å². The van der Waals surface area contributed by atoms with E-state index in [4.69, 9.17) is 0 Å². The van der Waals surface area contributed by atoms with E-state index < -0.39 is 0 Å². The average molecular weight is 315 g/mol. The van der Waals surface area contributed by atoms with Crippen LogP contribution in [-0.2, 0) is 61.3 Å². The molecule has 0 N–H and O–H groups in total. The first kappa shape index (κ1) is 34.6. The topological polar surface area (TPSA) is 0 Å². The van der Waals surface area contributed by atoms with Crippen LogP contribution in [0.2, 0.25) is 0 Å². The van der Waals surface area contributed by atoms with Crippen molar-refractivity contribution in [1.29, 1.82) is 0 Å². The molecule has 0 atom stereocenters. The van der Waals surface area contributed by atoms with Gasteiger partial charge in [0.15, 0.2) is 0 Å². The van der Waals surface area contributed by atoms with Crippen molar-refractivity contribution in [3.8, 4) is 0 Å². The van der Waals surface area contributed by atoms with Crippen molar-refractivity contribution in [2.75, 3.05) is 0 Å². The molecule has 0 unspecified atom stereocenters. The zero-order chi connectivity index (χ0) is 0. The van der Waals surface area contributed by atoms with Crippen LogP contribution >= 0.6 is 0 Å². The van der Waals surface area contributed by atoms with E-state index >= 15 is 0 Å². The van der Waals surface area contributed by atoms with E-state index in [2.05, 4.69) is 0 Å². The van der Waals surface area contributed by atoms with Crippen LogP contribution in [0.1, 0.15) is 0 Å². The summed E-state index contributed by atoms with van der Waals surface area (Å²) in [6, 6.07) is 0. The van der Waals surface area contributed by atoms with Crippen molar-refractivity contribution >= 4 is 11.0 Å². The molecular weight excluding hydrogens is 311 g/mol. The Morgan fingerprint density at radius 1 is 1.00 bits per heavy atom. The quantitative estimate of drug-likeness (QED) is 0.480. The molecule has 4 heteroatoms. The van der Waals surface area contributed by atoms with Crippen LogP contribution < -0.4 is 0 Å². The van der Waals surface area contributed by atoms with Crippen molar-refractivity contribution in [1.82, 2.24) is 0 Å². The van der Waals surface area contributed by atoms with Gasteiger partial charge >= 0.3 is 0 Å². The van der Waals surface area contributed by atoms with E-state index in [9.17, 15) is 0 Å². The van der Waals surface area contributed by atoms with Gasteiger partial charge in [0.25, 0.3) is 0 Å². The molecule has 0 fully saturated rings. The summed E-state index contributed by atoms with van der Waals surface area (Å²) in [5, 5.41) is 0.